The number of nitrogens with zero attached hydrogens (tertiary/aromatic N) is 2. The molecular formula is C15H19N5O2S3. The van der Waals surface area contributed by atoms with Gasteiger partial charge in [0.25, 0.3) is 0 Å². The zero-order valence-corrected chi connectivity index (χ0v) is 16.1. The van der Waals surface area contributed by atoms with Crippen LogP contribution in [-0.4, -0.2) is 40.0 Å². The number of carbonyl (C=O) groups is 2. The van der Waals surface area contributed by atoms with Crippen LogP contribution in [0, 0.1) is 0 Å². The standard InChI is InChI=1S/C15H19N5O2S3/c1-9(12(21)18-13(22)17-10-4-5-10)24-15-20-19-14(25-15)16-7-6-11-3-2-8-23-11/h2-3,8-10H,4-7H2,1H3,(H,16,19)(H2,17,18,21,22). The van der Waals surface area contributed by atoms with Gasteiger partial charge in [0.1, 0.15) is 0 Å². The SMILES string of the molecule is CC(Sc1nnc(NCCc2cccs2)s1)C(=O)NC(=O)NC1CC1. The molecule has 0 bridgehead atoms. The van der Waals surface area contributed by atoms with E-state index in [0.29, 0.717) is 4.34 Å². The maximum absolute atomic E-state index is 12.0. The Hall–Kier alpha value is -1.65. The van der Waals surface area contributed by atoms with E-state index in [4.69, 9.17) is 0 Å². The van der Waals surface area contributed by atoms with Crippen LogP contribution in [0.1, 0.15) is 24.6 Å². The summed E-state index contributed by atoms with van der Waals surface area (Å²) in [5, 5.41) is 18.9. The number of anilines is 1. The average Bonchev–Trinajstić information content (AvgIpc) is 3.06. The molecule has 0 saturated heterocycles. The van der Waals surface area contributed by atoms with E-state index in [9.17, 15) is 9.59 Å². The normalized spacial score (nSPS) is 14.8. The highest BCUT2D eigenvalue weighted by atomic mass is 32.2. The molecule has 3 amide bonds. The molecule has 2 aromatic heterocycles. The van der Waals surface area contributed by atoms with E-state index >= 15 is 0 Å². The van der Waals surface area contributed by atoms with Gasteiger partial charge in [-0.15, -0.1) is 21.5 Å². The van der Waals surface area contributed by atoms with E-state index in [1.165, 1.54) is 28.0 Å². The smallest absolute Gasteiger partial charge is 0.321 e. The second-order valence-corrected chi connectivity index (χ2v) is 9.22. The molecule has 1 aliphatic rings. The summed E-state index contributed by atoms with van der Waals surface area (Å²) in [5.41, 5.74) is 0. The number of thiophene rings is 1. The average molecular weight is 398 g/mol. The number of aromatic nitrogens is 2. The molecule has 0 spiro atoms. The first-order valence-corrected chi connectivity index (χ1v) is 10.6. The van der Waals surface area contributed by atoms with Crippen molar-refractivity contribution < 1.29 is 9.59 Å². The van der Waals surface area contributed by atoms with Crippen molar-refractivity contribution in [2.45, 2.75) is 41.8 Å². The topological polar surface area (TPSA) is 96.0 Å². The summed E-state index contributed by atoms with van der Waals surface area (Å²) >= 11 is 4.44. The predicted molar refractivity (Wildman–Crippen MR) is 101 cm³/mol. The van der Waals surface area contributed by atoms with Crippen LogP contribution in [-0.2, 0) is 11.2 Å². The largest absolute Gasteiger partial charge is 0.360 e. The molecule has 1 aliphatic carbocycles. The third kappa shape index (κ3) is 5.98. The summed E-state index contributed by atoms with van der Waals surface area (Å²) in [6.07, 6.45) is 2.91. The van der Waals surface area contributed by atoms with Crippen molar-refractivity contribution in [1.82, 2.24) is 20.8 Å². The lowest BCUT2D eigenvalue weighted by Gasteiger charge is -2.09. The fourth-order valence-electron chi connectivity index (χ4n) is 1.94. The molecular weight excluding hydrogens is 378 g/mol. The Labute approximate surface area is 158 Å². The van der Waals surface area contributed by atoms with E-state index in [-0.39, 0.29) is 11.9 Å². The summed E-state index contributed by atoms with van der Waals surface area (Å²) < 4.78 is 0.698. The first kappa shape index (κ1) is 18.2. The number of thioether (sulfide) groups is 1. The number of hydrogen-bond acceptors (Lipinski definition) is 8. The third-order valence-corrected chi connectivity index (χ3v) is 6.43. The van der Waals surface area contributed by atoms with Crippen molar-refractivity contribution in [3.8, 4) is 0 Å². The molecule has 25 heavy (non-hydrogen) atoms. The molecule has 134 valence electrons. The van der Waals surface area contributed by atoms with Gasteiger partial charge in [-0.05, 0) is 37.6 Å². The Morgan fingerprint density at radius 1 is 1.40 bits per heavy atom. The van der Waals surface area contributed by atoms with Crippen molar-refractivity contribution in [3.63, 3.8) is 0 Å². The summed E-state index contributed by atoms with van der Waals surface area (Å²) in [7, 11) is 0. The predicted octanol–water partition coefficient (Wildman–Crippen LogP) is 2.72. The van der Waals surface area contributed by atoms with E-state index in [1.807, 2.05) is 6.07 Å². The highest BCUT2D eigenvalue weighted by Gasteiger charge is 2.25. The van der Waals surface area contributed by atoms with Crippen LogP contribution in [0.4, 0.5) is 9.93 Å². The van der Waals surface area contributed by atoms with Gasteiger partial charge in [0.05, 0.1) is 5.25 Å². The molecule has 10 heteroatoms. The second kappa shape index (κ2) is 8.63. The highest BCUT2D eigenvalue weighted by molar-refractivity contribution is 8.02. The number of hydrogen-bond donors (Lipinski definition) is 3. The molecule has 3 N–H and O–H groups in total. The number of urea groups is 1. The minimum absolute atomic E-state index is 0.224. The van der Waals surface area contributed by atoms with E-state index < -0.39 is 11.3 Å². The van der Waals surface area contributed by atoms with Gasteiger partial charge in [0, 0.05) is 17.5 Å². The second-order valence-electron chi connectivity index (χ2n) is 5.63. The van der Waals surface area contributed by atoms with E-state index in [0.717, 1.165) is 30.9 Å². The van der Waals surface area contributed by atoms with Crippen molar-refractivity contribution in [3.05, 3.63) is 22.4 Å². The van der Waals surface area contributed by atoms with Crippen LogP contribution in [0.2, 0.25) is 0 Å². The first-order chi connectivity index (χ1) is 12.1. The number of imide groups is 1. The van der Waals surface area contributed by atoms with Gasteiger partial charge in [-0.1, -0.05) is 29.2 Å². The Morgan fingerprint density at radius 3 is 2.96 bits per heavy atom. The lowest BCUT2D eigenvalue weighted by atomic mass is 10.3. The van der Waals surface area contributed by atoms with Gasteiger partial charge in [-0.25, -0.2) is 4.79 Å². The Kier molecular flexibility index (Phi) is 6.27. The summed E-state index contributed by atoms with van der Waals surface area (Å²) in [6, 6.07) is 3.94. The van der Waals surface area contributed by atoms with Crippen LogP contribution in [0.25, 0.3) is 0 Å². The molecule has 0 aliphatic heterocycles. The third-order valence-electron chi connectivity index (χ3n) is 3.43. The quantitative estimate of drug-likeness (QED) is 0.593. The number of rotatable bonds is 8. The van der Waals surface area contributed by atoms with Crippen LogP contribution in [0.5, 0.6) is 0 Å². The lowest BCUT2D eigenvalue weighted by molar-refractivity contribution is -0.119. The van der Waals surface area contributed by atoms with Gasteiger partial charge in [-0.3, -0.25) is 10.1 Å². The van der Waals surface area contributed by atoms with Crippen LogP contribution < -0.4 is 16.0 Å². The summed E-state index contributed by atoms with van der Waals surface area (Å²) in [5.74, 6) is -0.328. The molecule has 3 rings (SSSR count). The molecule has 2 aromatic rings. The first-order valence-electron chi connectivity index (χ1n) is 7.98. The maximum atomic E-state index is 12.0. The molecule has 1 unspecified atom stereocenters. The molecule has 0 aromatic carbocycles. The van der Waals surface area contributed by atoms with Crippen LogP contribution >= 0.6 is 34.4 Å². The summed E-state index contributed by atoms with van der Waals surface area (Å²) in [6.45, 7) is 2.53. The molecule has 2 heterocycles. The fraction of sp³-hybridized carbons (Fsp3) is 0.467. The van der Waals surface area contributed by atoms with Gasteiger partial charge < -0.3 is 10.6 Å². The number of nitrogens with one attached hydrogen (secondary N) is 3. The van der Waals surface area contributed by atoms with Gasteiger partial charge in [0.2, 0.25) is 11.0 Å². The number of amides is 3. The molecule has 1 saturated carbocycles. The minimum atomic E-state index is -0.423. The molecule has 1 fully saturated rings. The maximum Gasteiger partial charge on any atom is 0.321 e. The van der Waals surface area contributed by atoms with E-state index in [1.54, 1.807) is 18.3 Å². The van der Waals surface area contributed by atoms with Crippen molar-refractivity contribution in [2.24, 2.45) is 0 Å². The monoisotopic (exact) mass is 397 g/mol. The zero-order valence-electron chi connectivity index (χ0n) is 13.7. The van der Waals surface area contributed by atoms with Gasteiger partial charge >= 0.3 is 6.03 Å². The zero-order chi connectivity index (χ0) is 17.6. The van der Waals surface area contributed by atoms with Crippen LogP contribution in [0.15, 0.2) is 21.9 Å². The van der Waals surface area contributed by atoms with Crippen molar-refractivity contribution in [1.29, 1.82) is 0 Å². The van der Waals surface area contributed by atoms with Crippen molar-refractivity contribution in [2.75, 3.05) is 11.9 Å². The van der Waals surface area contributed by atoms with Gasteiger partial charge in [0.15, 0.2) is 4.34 Å². The fourth-order valence-corrected chi connectivity index (χ4v) is 4.57. The summed E-state index contributed by atoms with van der Waals surface area (Å²) in [4.78, 5) is 24.9. The Morgan fingerprint density at radius 2 is 2.24 bits per heavy atom. The Balaban J connectivity index is 1.40. The lowest BCUT2D eigenvalue weighted by Crippen LogP contribution is -2.43. The van der Waals surface area contributed by atoms with Crippen molar-refractivity contribution >= 4 is 51.5 Å². The number of carbonyl (C=O) groups excluding carboxylic acids is 2. The van der Waals surface area contributed by atoms with Crippen LogP contribution in [0.3, 0.4) is 0 Å². The van der Waals surface area contributed by atoms with E-state index in [2.05, 4.69) is 37.6 Å². The molecule has 1 atom stereocenters. The highest BCUT2D eigenvalue weighted by Crippen LogP contribution is 2.29. The van der Waals surface area contributed by atoms with Gasteiger partial charge in [-0.2, -0.15) is 0 Å². The molecule has 0 radical (unpaired) electrons. The minimum Gasteiger partial charge on any atom is -0.360 e. The Bertz CT molecular complexity index is 715. The molecule has 7 nitrogen and oxygen atoms in total.